The van der Waals surface area contributed by atoms with Crippen molar-refractivity contribution in [2.45, 2.75) is 20.8 Å². The number of benzene rings is 1. The standard InChI is InChI=1S/C22H21N3O3S2/c1-5-28-22(26)19-13(2)14(3)30-21(19)24-11-16(10-23)20-25-18(12-29-20)15-7-6-8-17(9-15)27-4/h6-9,11-12,24H,5H2,1-4H3/b16-11-. The lowest BCUT2D eigenvalue weighted by molar-refractivity contribution is 0.0527. The third-order valence-electron chi connectivity index (χ3n) is 4.43. The van der Waals surface area contributed by atoms with Gasteiger partial charge in [0.2, 0.25) is 0 Å². The summed E-state index contributed by atoms with van der Waals surface area (Å²) < 4.78 is 10.4. The van der Waals surface area contributed by atoms with Crippen molar-refractivity contribution in [1.82, 2.24) is 4.98 Å². The normalized spacial score (nSPS) is 11.1. The van der Waals surface area contributed by atoms with Gasteiger partial charge >= 0.3 is 5.97 Å². The van der Waals surface area contributed by atoms with Crippen molar-refractivity contribution in [1.29, 1.82) is 5.26 Å². The number of carbonyl (C=O) groups is 1. The van der Waals surface area contributed by atoms with Crippen LogP contribution in [0.5, 0.6) is 5.75 Å². The van der Waals surface area contributed by atoms with Crippen LogP contribution in [-0.2, 0) is 4.74 Å². The lowest BCUT2D eigenvalue weighted by Gasteiger charge is -2.05. The van der Waals surface area contributed by atoms with Gasteiger partial charge in [-0.25, -0.2) is 9.78 Å². The molecule has 2 heterocycles. The zero-order valence-electron chi connectivity index (χ0n) is 17.1. The maximum Gasteiger partial charge on any atom is 0.341 e. The number of thiazole rings is 1. The van der Waals surface area contributed by atoms with Crippen LogP contribution in [0.15, 0.2) is 35.8 Å². The van der Waals surface area contributed by atoms with Crippen LogP contribution in [0.25, 0.3) is 16.8 Å². The zero-order chi connectivity index (χ0) is 21.7. The average Bonchev–Trinajstić information content (AvgIpc) is 3.34. The summed E-state index contributed by atoms with van der Waals surface area (Å²) in [5, 5.41) is 15.9. The van der Waals surface area contributed by atoms with E-state index in [1.807, 2.05) is 43.5 Å². The number of hydrogen-bond donors (Lipinski definition) is 1. The molecule has 8 heteroatoms. The molecule has 0 aliphatic heterocycles. The number of allylic oxidation sites excluding steroid dienone is 1. The minimum atomic E-state index is -0.372. The Morgan fingerprint density at radius 2 is 2.17 bits per heavy atom. The fraction of sp³-hybridized carbons (Fsp3) is 0.227. The lowest BCUT2D eigenvalue weighted by atomic mass is 10.1. The molecular weight excluding hydrogens is 418 g/mol. The first kappa shape index (κ1) is 21.6. The topological polar surface area (TPSA) is 84.2 Å². The highest BCUT2D eigenvalue weighted by Gasteiger charge is 2.20. The Morgan fingerprint density at radius 3 is 2.87 bits per heavy atom. The van der Waals surface area contributed by atoms with Gasteiger partial charge in [0.1, 0.15) is 27.4 Å². The number of methoxy groups -OCH3 is 1. The molecule has 1 N–H and O–H groups in total. The van der Waals surface area contributed by atoms with Crippen molar-refractivity contribution in [2.75, 3.05) is 19.0 Å². The number of thiophene rings is 1. The first-order valence-electron chi connectivity index (χ1n) is 9.22. The Kier molecular flexibility index (Phi) is 6.87. The second kappa shape index (κ2) is 9.57. The molecule has 0 fully saturated rings. The Morgan fingerprint density at radius 1 is 1.37 bits per heavy atom. The van der Waals surface area contributed by atoms with Gasteiger partial charge in [0, 0.05) is 22.0 Å². The molecular formula is C22H21N3O3S2. The van der Waals surface area contributed by atoms with Gasteiger partial charge in [-0.1, -0.05) is 12.1 Å². The van der Waals surface area contributed by atoms with Gasteiger partial charge in [-0.3, -0.25) is 0 Å². The number of aryl methyl sites for hydroxylation is 1. The SMILES string of the molecule is CCOC(=O)c1c(N/C=C(/C#N)c2nc(-c3cccc(OC)c3)cs2)sc(C)c1C. The highest BCUT2D eigenvalue weighted by molar-refractivity contribution is 7.16. The molecule has 0 saturated carbocycles. The van der Waals surface area contributed by atoms with Crippen LogP contribution in [0.1, 0.15) is 32.7 Å². The van der Waals surface area contributed by atoms with E-state index in [9.17, 15) is 10.1 Å². The molecule has 3 rings (SSSR count). The van der Waals surface area contributed by atoms with Crippen LogP contribution in [-0.4, -0.2) is 24.7 Å². The molecule has 0 aliphatic rings. The summed E-state index contributed by atoms with van der Waals surface area (Å²) in [6.45, 7) is 5.91. The summed E-state index contributed by atoms with van der Waals surface area (Å²) in [4.78, 5) is 17.9. The number of carbonyl (C=O) groups excluding carboxylic acids is 1. The van der Waals surface area contributed by atoms with E-state index < -0.39 is 0 Å². The molecule has 30 heavy (non-hydrogen) atoms. The van der Waals surface area contributed by atoms with Gasteiger partial charge in [-0.05, 0) is 38.5 Å². The number of aromatic nitrogens is 1. The second-order valence-electron chi connectivity index (χ2n) is 6.29. The first-order chi connectivity index (χ1) is 14.5. The minimum absolute atomic E-state index is 0.304. The molecule has 3 aromatic rings. The second-order valence-corrected chi connectivity index (χ2v) is 8.37. The number of hydrogen-bond acceptors (Lipinski definition) is 8. The Bertz CT molecular complexity index is 1140. The van der Waals surface area contributed by atoms with E-state index in [0.717, 1.165) is 27.4 Å². The molecule has 0 radical (unpaired) electrons. The molecule has 154 valence electrons. The van der Waals surface area contributed by atoms with E-state index >= 15 is 0 Å². The molecule has 0 aliphatic carbocycles. The van der Waals surface area contributed by atoms with Crippen molar-refractivity contribution in [2.24, 2.45) is 0 Å². The number of nitrogens with zero attached hydrogens (tertiary/aromatic N) is 2. The summed E-state index contributed by atoms with van der Waals surface area (Å²) in [6, 6.07) is 9.79. The maximum absolute atomic E-state index is 12.3. The number of esters is 1. The number of anilines is 1. The van der Waals surface area contributed by atoms with Gasteiger partial charge < -0.3 is 14.8 Å². The summed E-state index contributed by atoms with van der Waals surface area (Å²) in [5.41, 5.74) is 3.44. The van der Waals surface area contributed by atoms with E-state index in [2.05, 4.69) is 16.4 Å². The zero-order valence-corrected chi connectivity index (χ0v) is 18.7. The molecule has 2 aromatic heterocycles. The summed E-state index contributed by atoms with van der Waals surface area (Å²) in [7, 11) is 1.62. The third-order valence-corrected chi connectivity index (χ3v) is 6.45. The van der Waals surface area contributed by atoms with Gasteiger partial charge in [0.25, 0.3) is 0 Å². The van der Waals surface area contributed by atoms with Crippen LogP contribution in [0.2, 0.25) is 0 Å². The van der Waals surface area contributed by atoms with Gasteiger partial charge in [0.15, 0.2) is 0 Å². The largest absolute Gasteiger partial charge is 0.497 e. The molecule has 0 spiro atoms. The monoisotopic (exact) mass is 439 g/mol. The minimum Gasteiger partial charge on any atom is -0.497 e. The molecule has 1 aromatic carbocycles. The fourth-order valence-corrected chi connectivity index (χ4v) is 4.58. The Balaban J connectivity index is 1.88. The van der Waals surface area contributed by atoms with E-state index in [4.69, 9.17) is 9.47 Å². The lowest BCUT2D eigenvalue weighted by Crippen LogP contribution is -2.07. The van der Waals surface area contributed by atoms with Crippen molar-refractivity contribution < 1.29 is 14.3 Å². The van der Waals surface area contributed by atoms with Crippen molar-refractivity contribution in [3.63, 3.8) is 0 Å². The highest BCUT2D eigenvalue weighted by atomic mass is 32.1. The van der Waals surface area contributed by atoms with E-state index in [1.165, 1.54) is 22.7 Å². The maximum atomic E-state index is 12.3. The van der Waals surface area contributed by atoms with Crippen LogP contribution in [0.3, 0.4) is 0 Å². The smallest absolute Gasteiger partial charge is 0.341 e. The van der Waals surface area contributed by atoms with Crippen LogP contribution in [0, 0.1) is 25.2 Å². The van der Waals surface area contributed by atoms with Crippen LogP contribution >= 0.6 is 22.7 Å². The highest BCUT2D eigenvalue weighted by Crippen LogP contribution is 2.34. The Labute approximate surface area is 183 Å². The fourth-order valence-electron chi connectivity index (χ4n) is 2.77. The number of nitriles is 1. The average molecular weight is 440 g/mol. The quantitative estimate of drug-likeness (QED) is 0.378. The summed E-state index contributed by atoms with van der Waals surface area (Å²) >= 11 is 2.83. The van der Waals surface area contributed by atoms with Gasteiger partial charge in [-0.15, -0.1) is 22.7 Å². The van der Waals surface area contributed by atoms with Crippen molar-refractivity contribution >= 4 is 39.2 Å². The number of rotatable bonds is 7. The number of nitrogens with one attached hydrogen (secondary N) is 1. The van der Waals surface area contributed by atoms with E-state index in [-0.39, 0.29) is 5.97 Å². The van der Waals surface area contributed by atoms with E-state index in [0.29, 0.717) is 27.8 Å². The molecule has 0 bridgehead atoms. The van der Waals surface area contributed by atoms with Crippen LogP contribution < -0.4 is 10.1 Å². The molecule has 0 saturated heterocycles. The van der Waals surface area contributed by atoms with Gasteiger partial charge in [-0.2, -0.15) is 5.26 Å². The van der Waals surface area contributed by atoms with Crippen molar-refractivity contribution in [3.8, 4) is 23.1 Å². The third kappa shape index (κ3) is 4.53. The molecule has 0 atom stereocenters. The van der Waals surface area contributed by atoms with E-state index in [1.54, 1.807) is 20.2 Å². The summed E-state index contributed by atoms with van der Waals surface area (Å²) in [5.74, 6) is 0.373. The predicted molar refractivity (Wildman–Crippen MR) is 121 cm³/mol. The van der Waals surface area contributed by atoms with Crippen molar-refractivity contribution in [3.05, 3.63) is 56.9 Å². The number of ether oxygens (including phenoxy) is 2. The molecule has 6 nitrogen and oxygen atoms in total. The first-order valence-corrected chi connectivity index (χ1v) is 10.9. The summed E-state index contributed by atoms with van der Waals surface area (Å²) in [6.07, 6.45) is 1.58. The molecule has 0 amide bonds. The van der Waals surface area contributed by atoms with Crippen LogP contribution in [0.4, 0.5) is 5.00 Å². The Hall–Kier alpha value is -3.15. The molecule has 0 unspecified atom stereocenters. The predicted octanol–water partition coefficient (Wildman–Crippen LogP) is 5.65. The van der Waals surface area contributed by atoms with Gasteiger partial charge in [0.05, 0.1) is 25.0 Å².